The highest BCUT2D eigenvalue weighted by Gasteiger charge is 2.61. The lowest BCUT2D eigenvalue weighted by Crippen LogP contribution is -2.54. The second kappa shape index (κ2) is 5.43. The number of hydrogen-bond donors (Lipinski definition) is 2. The summed E-state index contributed by atoms with van der Waals surface area (Å²) >= 11 is 0. The third kappa shape index (κ3) is 2.79. The molecule has 112 valence electrons. The Hall–Kier alpha value is -1.57. The minimum absolute atomic E-state index is 0.197. The molecule has 1 aromatic heterocycles. The van der Waals surface area contributed by atoms with Crippen LogP contribution in [0.15, 0.2) is 18.7 Å². The van der Waals surface area contributed by atoms with Crippen LogP contribution in [-0.4, -0.2) is 40.8 Å². The van der Waals surface area contributed by atoms with E-state index in [0.29, 0.717) is 6.54 Å². The van der Waals surface area contributed by atoms with Crippen LogP contribution >= 0.6 is 0 Å². The summed E-state index contributed by atoms with van der Waals surface area (Å²) in [7, 11) is 0. The van der Waals surface area contributed by atoms with Crippen molar-refractivity contribution in [2.24, 2.45) is 5.41 Å². The summed E-state index contributed by atoms with van der Waals surface area (Å²) in [4.78, 5) is 15.9. The highest BCUT2D eigenvalue weighted by molar-refractivity contribution is 5.84. The molecule has 2 N–H and O–H groups in total. The zero-order valence-corrected chi connectivity index (χ0v) is 11.1. The Morgan fingerprint density at radius 3 is 2.85 bits per heavy atom. The largest absolute Gasteiger partial charge is 0.404 e. The summed E-state index contributed by atoms with van der Waals surface area (Å²) in [6, 6.07) is -0.406. The lowest BCUT2D eigenvalue weighted by atomic mass is 9.85. The molecular weight excluding hydrogens is 273 g/mol. The van der Waals surface area contributed by atoms with Gasteiger partial charge in [0, 0.05) is 31.5 Å². The molecule has 1 amide bonds. The monoisotopic (exact) mass is 290 g/mol. The maximum absolute atomic E-state index is 13.2. The first-order valence-electron chi connectivity index (χ1n) is 6.39. The van der Waals surface area contributed by atoms with Crippen molar-refractivity contribution in [3.8, 4) is 0 Å². The van der Waals surface area contributed by atoms with Crippen LogP contribution in [0.3, 0.4) is 0 Å². The summed E-state index contributed by atoms with van der Waals surface area (Å²) < 4.78 is 41.2. The lowest BCUT2D eigenvalue weighted by Gasteiger charge is -2.30. The first kappa shape index (κ1) is 14.8. The van der Waals surface area contributed by atoms with Gasteiger partial charge in [0.25, 0.3) is 0 Å². The van der Waals surface area contributed by atoms with Gasteiger partial charge in [-0.1, -0.05) is 0 Å². The molecule has 1 aliphatic rings. The average Bonchev–Trinajstić information content (AvgIpc) is 2.97. The van der Waals surface area contributed by atoms with E-state index < -0.39 is 23.5 Å². The minimum atomic E-state index is -4.55. The van der Waals surface area contributed by atoms with Crippen molar-refractivity contribution in [2.75, 3.05) is 13.1 Å². The van der Waals surface area contributed by atoms with E-state index in [1.54, 1.807) is 30.2 Å². The summed E-state index contributed by atoms with van der Waals surface area (Å²) in [6.45, 7) is 1.89. The number of hydrogen-bond acceptors (Lipinski definition) is 3. The van der Waals surface area contributed by atoms with Crippen molar-refractivity contribution in [3.63, 3.8) is 0 Å². The van der Waals surface area contributed by atoms with Crippen molar-refractivity contribution in [1.82, 2.24) is 20.2 Å². The number of halogens is 3. The smallest absolute Gasteiger partial charge is 0.351 e. The Balaban J connectivity index is 2.02. The number of nitrogens with zero attached hydrogens (tertiary/aromatic N) is 2. The maximum Gasteiger partial charge on any atom is 0.404 e. The summed E-state index contributed by atoms with van der Waals surface area (Å²) in [5, 5.41) is 5.08. The third-order valence-corrected chi connectivity index (χ3v) is 3.55. The maximum atomic E-state index is 13.2. The fourth-order valence-corrected chi connectivity index (χ4v) is 2.37. The normalized spacial score (nSPS) is 24.6. The molecule has 5 nitrogen and oxygen atoms in total. The van der Waals surface area contributed by atoms with E-state index in [1.807, 2.05) is 0 Å². The Labute approximate surface area is 114 Å². The van der Waals surface area contributed by atoms with Gasteiger partial charge in [-0.05, 0) is 19.9 Å². The predicted molar refractivity (Wildman–Crippen MR) is 65.8 cm³/mol. The Morgan fingerprint density at radius 1 is 1.60 bits per heavy atom. The van der Waals surface area contributed by atoms with Crippen LogP contribution in [0.2, 0.25) is 0 Å². The van der Waals surface area contributed by atoms with Crippen molar-refractivity contribution >= 4 is 5.91 Å². The second-order valence-electron chi connectivity index (χ2n) is 5.14. The molecule has 2 rings (SSSR count). The number of amides is 1. The van der Waals surface area contributed by atoms with Gasteiger partial charge in [0.05, 0.1) is 6.33 Å². The molecule has 1 aromatic rings. The molecule has 20 heavy (non-hydrogen) atoms. The molecule has 2 atom stereocenters. The first-order chi connectivity index (χ1) is 9.35. The molecule has 0 radical (unpaired) electrons. The third-order valence-electron chi connectivity index (χ3n) is 3.55. The van der Waals surface area contributed by atoms with E-state index in [-0.39, 0.29) is 19.5 Å². The second-order valence-corrected chi connectivity index (χ2v) is 5.14. The molecule has 2 heterocycles. The highest BCUT2D eigenvalue weighted by atomic mass is 19.4. The van der Waals surface area contributed by atoms with Gasteiger partial charge in [-0.2, -0.15) is 13.2 Å². The van der Waals surface area contributed by atoms with Gasteiger partial charge in [-0.15, -0.1) is 0 Å². The molecule has 1 fully saturated rings. The molecule has 0 aromatic carbocycles. The fraction of sp³-hybridized carbons (Fsp3) is 0.667. The zero-order valence-electron chi connectivity index (χ0n) is 11.1. The van der Waals surface area contributed by atoms with Crippen LogP contribution in [0, 0.1) is 5.41 Å². The molecular formula is C12H17F3N4O. The molecule has 0 bridgehead atoms. The summed E-state index contributed by atoms with van der Waals surface area (Å²) in [5.74, 6) is -0.956. The van der Waals surface area contributed by atoms with Gasteiger partial charge >= 0.3 is 6.18 Å². The molecule has 8 heteroatoms. The topological polar surface area (TPSA) is 59.0 Å². The van der Waals surface area contributed by atoms with Gasteiger partial charge in [-0.3, -0.25) is 4.79 Å². The molecule has 0 saturated carbocycles. The van der Waals surface area contributed by atoms with Crippen LogP contribution in [0.25, 0.3) is 0 Å². The molecule has 1 aliphatic heterocycles. The number of aromatic nitrogens is 2. The Bertz CT molecular complexity index is 452. The van der Waals surface area contributed by atoms with Crippen LogP contribution in [-0.2, 0) is 11.3 Å². The van der Waals surface area contributed by atoms with E-state index in [1.165, 1.54) is 0 Å². The van der Waals surface area contributed by atoms with Crippen LogP contribution in [0.5, 0.6) is 0 Å². The molecule has 0 spiro atoms. The van der Waals surface area contributed by atoms with Crippen molar-refractivity contribution in [1.29, 1.82) is 0 Å². The summed E-state index contributed by atoms with van der Waals surface area (Å²) in [5.41, 5.74) is -2.31. The quantitative estimate of drug-likeness (QED) is 0.867. The standard InChI is InChI=1S/C12H17F3N4O/c1-9(6-19-5-4-17-8-19)18-10(20)11(12(13,14)15)2-3-16-7-11/h4-5,8-9,16H,2-3,6-7H2,1H3,(H,18,20). The SMILES string of the molecule is CC(Cn1ccnc1)NC(=O)C1(C(F)(F)F)CCNC1. The minimum Gasteiger partial charge on any atom is -0.351 e. The van der Waals surface area contributed by atoms with Gasteiger partial charge in [0.1, 0.15) is 0 Å². The fourth-order valence-electron chi connectivity index (χ4n) is 2.37. The van der Waals surface area contributed by atoms with E-state index in [2.05, 4.69) is 15.6 Å². The zero-order chi connectivity index (χ0) is 14.8. The van der Waals surface area contributed by atoms with Crippen molar-refractivity contribution < 1.29 is 18.0 Å². The predicted octanol–water partition coefficient (Wildman–Crippen LogP) is 0.930. The highest BCUT2D eigenvalue weighted by Crippen LogP contribution is 2.43. The van der Waals surface area contributed by atoms with E-state index in [4.69, 9.17) is 0 Å². The Morgan fingerprint density at radius 2 is 2.35 bits per heavy atom. The number of imidazole rings is 1. The Kier molecular flexibility index (Phi) is 4.03. The number of nitrogens with one attached hydrogen (secondary N) is 2. The van der Waals surface area contributed by atoms with Gasteiger partial charge < -0.3 is 15.2 Å². The molecule has 1 saturated heterocycles. The molecule has 2 unspecified atom stereocenters. The van der Waals surface area contributed by atoms with E-state index >= 15 is 0 Å². The van der Waals surface area contributed by atoms with Crippen LogP contribution < -0.4 is 10.6 Å². The van der Waals surface area contributed by atoms with Crippen molar-refractivity contribution in [2.45, 2.75) is 32.1 Å². The van der Waals surface area contributed by atoms with Crippen LogP contribution in [0.4, 0.5) is 13.2 Å². The van der Waals surface area contributed by atoms with Crippen molar-refractivity contribution in [3.05, 3.63) is 18.7 Å². The molecule has 0 aliphatic carbocycles. The number of carbonyl (C=O) groups is 1. The number of rotatable bonds is 4. The first-order valence-corrected chi connectivity index (χ1v) is 6.39. The number of carbonyl (C=O) groups excluding carboxylic acids is 1. The average molecular weight is 290 g/mol. The van der Waals surface area contributed by atoms with E-state index in [9.17, 15) is 18.0 Å². The van der Waals surface area contributed by atoms with Crippen LogP contribution in [0.1, 0.15) is 13.3 Å². The lowest BCUT2D eigenvalue weighted by molar-refractivity contribution is -0.216. The van der Waals surface area contributed by atoms with E-state index in [0.717, 1.165) is 0 Å². The van der Waals surface area contributed by atoms with Gasteiger partial charge in [0.2, 0.25) is 5.91 Å². The summed E-state index contributed by atoms with van der Waals surface area (Å²) in [6.07, 6.45) is 0.0562. The van der Waals surface area contributed by atoms with Gasteiger partial charge in [-0.25, -0.2) is 4.98 Å². The number of alkyl halides is 3. The van der Waals surface area contributed by atoms with Gasteiger partial charge in [0.15, 0.2) is 5.41 Å².